The molecule has 0 spiro atoms. The molecule has 2 aromatic carbocycles. The van der Waals surface area contributed by atoms with Crippen molar-refractivity contribution < 1.29 is 0 Å². The molecule has 0 aliphatic carbocycles. The lowest BCUT2D eigenvalue weighted by Gasteiger charge is -2.05. The molecule has 1 aromatic heterocycles. The standard InChI is InChI=1S/C15H14ClN5/c16-13-6-8-14(9-7-13)17-10-11-21-19-15(18-20-21)12-4-2-1-3-5-12/h1-9,17H,10-11H2. The molecule has 5 nitrogen and oxygen atoms in total. The molecule has 0 atom stereocenters. The van der Waals surface area contributed by atoms with Gasteiger partial charge in [0.1, 0.15) is 0 Å². The fraction of sp³-hybridized carbons (Fsp3) is 0.133. The minimum absolute atomic E-state index is 0.641. The SMILES string of the molecule is Clc1ccc(NCCn2nnc(-c3ccccc3)n2)cc1. The highest BCUT2D eigenvalue weighted by atomic mass is 35.5. The molecule has 0 amide bonds. The van der Waals surface area contributed by atoms with Crippen molar-refractivity contribution in [1.82, 2.24) is 20.2 Å². The van der Waals surface area contributed by atoms with Crippen LogP contribution in [0.1, 0.15) is 0 Å². The Bertz CT molecular complexity index is 694. The lowest BCUT2D eigenvalue weighted by Crippen LogP contribution is -2.12. The lowest BCUT2D eigenvalue weighted by atomic mass is 10.2. The Hall–Kier alpha value is -2.40. The first-order valence-electron chi connectivity index (χ1n) is 6.64. The van der Waals surface area contributed by atoms with Gasteiger partial charge in [-0.15, -0.1) is 10.2 Å². The van der Waals surface area contributed by atoms with Crippen LogP contribution < -0.4 is 5.32 Å². The molecule has 3 rings (SSSR count). The molecule has 0 saturated heterocycles. The van der Waals surface area contributed by atoms with Gasteiger partial charge >= 0.3 is 0 Å². The van der Waals surface area contributed by atoms with E-state index in [0.29, 0.717) is 18.9 Å². The van der Waals surface area contributed by atoms with E-state index in [0.717, 1.165) is 16.3 Å². The molecule has 3 aromatic rings. The summed E-state index contributed by atoms with van der Waals surface area (Å²) in [5, 5.41) is 16.5. The third kappa shape index (κ3) is 3.58. The molecule has 0 bridgehead atoms. The normalized spacial score (nSPS) is 10.5. The van der Waals surface area contributed by atoms with Gasteiger partial charge in [0.2, 0.25) is 5.82 Å². The van der Waals surface area contributed by atoms with Crippen molar-refractivity contribution in [2.75, 3.05) is 11.9 Å². The number of halogens is 1. The maximum Gasteiger partial charge on any atom is 0.204 e. The number of hydrogen-bond acceptors (Lipinski definition) is 4. The molecule has 0 unspecified atom stereocenters. The summed E-state index contributed by atoms with van der Waals surface area (Å²) in [6.07, 6.45) is 0. The summed E-state index contributed by atoms with van der Waals surface area (Å²) in [5.74, 6) is 0.641. The van der Waals surface area contributed by atoms with Gasteiger partial charge in [-0.2, -0.15) is 4.80 Å². The van der Waals surface area contributed by atoms with Crippen molar-refractivity contribution in [2.45, 2.75) is 6.54 Å². The minimum Gasteiger partial charge on any atom is -0.383 e. The number of nitrogens with zero attached hydrogens (tertiary/aromatic N) is 4. The third-order valence-electron chi connectivity index (χ3n) is 2.97. The number of tetrazole rings is 1. The fourth-order valence-electron chi connectivity index (χ4n) is 1.91. The van der Waals surface area contributed by atoms with Crippen molar-refractivity contribution in [3.05, 3.63) is 59.6 Å². The highest BCUT2D eigenvalue weighted by Crippen LogP contribution is 2.13. The molecular formula is C15H14ClN5. The van der Waals surface area contributed by atoms with E-state index in [2.05, 4.69) is 20.7 Å². The zero-order chi connectivity index (χ0) is 14.5. The van der Waals surface area contributed by atoms with Gasteiger partial charge in [0, 0.05) is 22.8 Å². The van der Waals surface area contributed by atoms with E-state index in [4.69, 9.17) is 11.6 Å². The predicted molar refractivity (Wildman–Crippen MR) is 83.2 cm³/mol. The number of rotatable bonds is 5. The second-order valence-electron chi connectivity index (χ2n) is 4.51. The number of benzene rings is 2. The molecule has 6 heteroatoms. The van der Waals surface area contributed by atoms with Crippen LogP contribution in [0.5, 0.6) is 0 Å². The molecule has 1 N–H and O–H groups in total. The zero-order valence-corrected chi connectivity index (χ0v) is 12.0. The van der Waals surface area contributed by atoms with Crippen LogP contribution >= 0.6 is 11.6 Å². The van der Waals surface area contributed by atoms with Crippen LogP contribution in [0.25, 0.3) is 11.4 Å². The second kappa shape index (κ2) is 6.37. The Morgan fingerprint density at radius 3 is 2.52 bits per heavy atom. The van der Waals surface area contributed by atoms with E-state index in [9.17, 15) is 0 Å². The predicted octanol–water partition coefficient (Wildman–Crippen LogP) is 3.11. The van der Waals surface area contributed by atoms with Crippen LogP contribution in [0, 0.1) is 0 Å². The summed E-state index contributed by atoms with van der Waals surface area (Å²) >= 11 is 5.84. The highest BCUT2D eigenvalue weighted by molar-refractivity contribution is 6.30. The minimum atomic E-state index is 0.641. The number of hydrogen-bond donors (Lipinski definition) is 1. The van der Waals surface area contributed by atoms with Crippen molar-refractivity contribution >= 4 is 17.3 Å². The Morgan fingerprint density at radius 1 is 1.00 bits per heavy atom. The van der Waals surface area contributed by atoms with Gasteiger partial charge in [-0.05, 0) is 29.5 Å². The van der Waals surface area contributed by atoms with Gasteiger partial charge in [0.15, 0.2) is 0 Å². The molecule has 21 heavy (non-hydrogen) atoms. The smallest absolute Gasteiger partial charge is 0.204 e. The van der Waals surface area contributed by atoms with Crippen molar-refractivity contribution in [3.8, 4) is 11.4 Å². The average molecular weight is 300 g/mol. The van der Waals surface area contributed by atoms with Crippen LogP contribution in [-0.4, -0.2) is 26.8 Å². The Labute approximate surface area is 127 Å². The molecule has 0 aliphatic heterocycles. The maximum atomic E-state index is 5.84. The topological polar surface area (TPSA) is 55.6 Å². The van der Waals surface area contributed by atoms with E-state index in [1.54, 1.807) is 4.80 Å². The Morgan fingerprint density at radius 2 is 1.76 bits per heavy atom. The number of nitrogens with one attached hydrogen (secondary N) is 1. The van der Waals surface area contributed by atoms with Crippen LogP contribution in [0.2, 0.25) is 5.02 Å². The molecule has 0 radical (unpaired) electrons. The molecule has 0 aliphatic rings. The van der Waals surface area contributed by atoms with Gasteiger partial charge in [0.05, 0.1) is 6.54 Å². The first-order valence-corrected chi connectivity index (χ1v) is 7.02. The van der Waals surface area contributed by atoms with E-state index in [-0.39, 0.29) is 0 Å². The summed E-state index contributed by atoms with van der Waals surface area (Å²) in [5.41, 5.74) is 1.98. The Kier molecular flexibility index (Phi) is 4.12. The Balaban J connectivity index is 1.57. The van der Waals surface area contributed by atoms with Crippen LogP contribution in [0.3, 0.4) is 0 Å². The zero-order valence-electron chi connectivity index (χ0n) is 11.3. The summed E-state index contributed by atoms with van der Waals surface area (Å²) in [6, 6.07) is 17.4. The van der Waals surface area contributed by atoms with Crippen LogP contribution in [0.15, 0.2) is 54.6 Å². The fourth-order valence-corrected chi connectivity index (χ4v) is 2.03. The molecule has 0 saturated carbocycles. The number of anilines is 1. The first kappa shape index (κ1) is 13.6. The number of aromatic nitrogens is 4. The quantitative estimate of drug-likeness (QED) is 0.786. The molecule has 106 valence electrons. The molecule has 1 heterocycles. The summed E-state index contributed by atoms with van der Waals surface area (Å²) in [6.45, 7) is 1.36. The van der Waals surface area contributed by atoms with E-state index in [1.165, 1.54) is 0 Å². The largest absolute Gasteiger partial charge is 0.383 e. The monoisotopic (exact) mass is 299 g/mol. The summed E-state index contributed by atoms with van der Waals surface area (Å²) in [7, 11) is 0. The van der Waals surface area contributed by atoms with Crippen molar-refractivity contribution in [1.29, 1.82) is 0 Å². The average Bonchev–Trinajstić information content (AvgIpc) is 2.99. The second-order valence-corrected chi connectivity index (χ2v) is 4.95. The molecular weight excluding hydrogens is 286 g/mol. The first-order chi connectivity index (χ1) is 10.3. The van der Waals surface area contributed by atoms with Gasteiger partial charge in [-0.25, -0.2) is 0 Å². The lowest BCUT2D eigenvalue weighted by molar-refractivity contribution is 0.539. The molecule has 0 fully saturated rings. The van der Waals surface area contributed by atoms with Gasteiger partial charge in [0.25, 0.3) is 0 Å². The third-order valence-corrected chi connectivity index (χ3v) is 3.22. The summed E-state index contributed by atoms with van der Waals surface area (Å²) in [4.78, 5) is 1.59. The van der Waals surface area contributed by atoms with Crippen LogP contribution in [0.4, 0.5) is 5.69 Å². The van der Waals surface area contributed by atoms with E-state index in [1.807, 2.05) is 54.6 Å². The van der Waals surface area contributed by atoms with Gasteiger partial charge in [-0.3, -0.25) is 0 Å². The van der Waals surface area contributed by atoms with Crippen LogP contribution in [-0.2, 0) is 6.54 Å². The van der Waals surface area contributed by atoms with Crippen molar-refractivity contribution in [2.24, 2.45) is 0 Å². The highest BCUT2D eigenvalue weighted by Gasteiger charge is 2.04. The maximum absolute atomic E-state index is 5.84. The van der Waals surface area contributed by atoms with Gasteiger partial charge < -0.3 is 5.32 Å². The summed E-state index contributed by atoms with van der Waals surface area (Å²) < 4.78 is 0. The van der Waals surface area contributed by atoms with Gasteiger partial charge in [-0.1, -0.05) is 41.9 Å². The van der Waals surface area contributed by atoms with E-state index >= 15 is 0 Å². The van der Waals surface area contributed by atoms with Crippen molar-refractivity contribution in [3.63, 3.8) is 0 Å². The van der Waals surface area contributed by atoms with E-state index < -0.39 is 0 Å².